The zero-order chi connectivity index (χ0) is 55.0. The second-order valence-electron chi connectivity index (χ2n) is 18.0. The highest BCUT2D eigenvalue weighted by molar-refractivity contribution is 6.30. The van der Waals surface area contributed by atoms with Crippen LogP contribution in [-0.2, 0) is 44.9 Å². The van der Waals surface area contributed by atoms with Crippen molar-refractivity contribution >= 4 is 115 Å². The number of anilines is 5. The molecule has 0 radical (unpaired) electrons. The summed E-state index contributed by atoms with van der Waals surface area (Å²) < 4.78 is 31.8. The number of nitrogens with one attached hydrogen (secondary N) is 5. The summed E-state index contributed by atoms with van der Waals surface area (Å²) in [4.78, 5) is 63.5. The number of rotatable bonds is 24. The smallest absolute Gasteiger partial charge is 0.300 e. The Morgan fingerprint density at radius 3 is 1.13 bits per heavy atom. The molecule has 1 aliphatic rings. The molecule has 4 amide bonds. The normalized spacial score (nSPS) is 11.8. The van der Waals surface area contributed by atoms with Crippen LogP contribution in [0.25, 0.3) is 11.0 Å². The second-order valence-corrected chi connectivity index (χ2v) is 19.0. The quantitative estimate of drug-likeness (QED) is 0.0164. The Hall–Kier alpha value is -7.06. The minimum absolute atomic E-state index is 0.00485. The number of nitro benzene ring substituents is 1. The molecule has 0 atom stereocenters. The molecule has 19 nitrogen and oxygen atoms in total. The fourth-order valence-electron chi connectivity index (χ4n) is 8.92. The molecule has 1 aliphatic carbocycles. The maximum absolute atomic E-state index is 13.1. The lowest BCUT2D eigenvalue weighted by molar-refractivity contribution is -0.383. The third-order valence-electron chi connectivity index (χ3n) is 11.9. The molecular weight excluding hydrogens is 1080 g/mol. The summed E-state index contributed by atoms with van der Waals surface area (Å²) in [5, 5.41) is 34.3. The van der Waals surface area contributed by atoms with Crippen LogP contribution in [0, 0.1) is 10.1 Å². The molecule has 7 rings (SSSR count). The Morgan fingerprint density at radius 1 is 0.519 bits per heavy atom. The molecular formula is C54H58Cl4N8O11. The Balaban J connectivity index is 1.48. The molecule has 5 N–H and O–H groups in total. The Morgan fingerprint density at radius 2 is 0.831 bits per heavy atom. The van der Waals surface area contributed by atoms with E-state index >= 15 is 0 Å². The van der Waals surface area contributed by atoms with Gasteiger partial charge in [0.25, 0.3) is 0 Å². The minimum atomic E-state index is -0.558. The number of amides is 4. The number of alkyl halides is 4. The van der Waals surface area contributed by atoms with Crippen molar-refractivity contribution in [3.63, 3.8) is 0 Å². The standard InChI is InChI=1S/C54H58Cl4N8O11/c1-4-11-73-51-31-15-33-21-40(61-46(68)28-56)23-35(52(33)74-12-5-2)17-37-25-42(63-48(70)30-58)26-38(54(37)76-14-7-10-59-43-8-9-44(66(71)72)50-49(43)64-77-65-50)18-36-24-41(62-47(69)29-57)22-34(53(36)75-13-6-3)16-32(51)20-39(19-31)60-45(67)27-55/h8-9,19-26,59H,4-7,10-18,27-30H2,1-3H3,(H,60,67)(H,61,68)(H,62,69)(H,63,70). The third kappa shape index (κ3) is 14.9. The van der Waals surface area contributed by atoms with Crippen molar-refractivity contribution in [2.24, 2.45) is 0 Å². The first-order valence-corrected chi connectivity index (χ1v) is 27.1. The average molecular weight is 1140 g/mol. The molecule has 0 saturated carbocycles. The molecule has 8 bridgehead atoms. The van der Waals surface area contributed by atoms with Gasteiger partial charge in [-0.05, 0) is 90.6 Å². The van der Waals surface area contributed by atoms with Crippen molar-refractivity contribution in [2.45, 2.75) is 72.1 Å². The van der Waals surface area contributed by atoms with E-state index in [1.165, 1.54) is 12.1 Å². The highest BCUT2D eigenvalue weighted by Crippen LogP contribution is 2.43. The lowest BCUT2D eigenvalue weighted by atomic mass is 9.90. The number of nitrogens with zero attached hydrogens (tertiary/aromatic N) is 3. The zero-order valence-electron chi connectivity index (χ0n) is 42.6. The molecule has 0 unspecified atom stereocenters. The molecule has 77 heavy (non-hydrogen) atoms. The zero-order valence-corrected chi connectivity index (χ0v) is 45.7. The van der Waals surface area contributed by atoms with Crippen LogP contribution in [0.15, 0.2) is 65.3 Å². The van der Waals surface area contributed by atoms with E-state index in [-0.39, 0.29) is 72.5 Å². The van der Waals surface area contributed by atoms with Crippen molar-refractivity contribution < 1.29 is 47.7 Å². The van der Waals surface area contributed by atoms with Crippen LogP contribution in [0.1, 0.15) is 91.0 Å². The first kappa shape index (κ1) is 57.6. The van der Waals surface area contributed by atoms with Gasteiger partial charge in [0.1, 0.15) is 46.5 Å². The van der Waals surface area contributed by atoms with Gasteiger partial charge in [-0.3, -0.25) is 29.3 Å². The van der Waals surface area contributed by atoms with E-state index in [1.807, 2.05) is 57.2 Å². The molecule has 5 aromatic carbocycles. The van der Waals surface area contributed by atoms with E-state index in [1.54, 1.807) is 12.1 Å². The van der Waals surface area contributed by atoms with Gasteiger partial charge in [0, 0.05) is 106 Å². The Kier molecular flexibility index (Phi) is 20.8. The lowest BCUT2D eigenvalue weighted by Gasteiger charge is -2.25. The van der Waals surface area contributed by atoms with Gasteiger partial charge in [0.2, 0.25) is 29.1 Å². The van der Waals surface area contributed by atoms with Gasteiger partial charge in [-0.15, -0.1) is 46.4 Å². The van der Waals surface area contributed by atoms with Crippen LogP contribution in [-0.4, -0.2) is 95.4 Å². The molecule has 1 aromatic heterocycles. The number of halogens is 4. The number of benzene rings is 5. The van der Waals surface area contributed by atoms with Crippen LogP contribution in [0.2, 0.25) is 0 Å². The number of fused-ring (bicyclic) bond motifs is 9. The first-order chi connectivity index (χ1) is 37.3. The predicted octanol–water partition coefficient (Wildman–Crippen LogP) is 10.8. The summed E-state index contributed by atoms with van der Waals surface area (Å²) >= 11 is 24.3. The Labute approximate surface area is 464 Å². The van der Waals surface area contributed by atoms with E-state index in [4.69, 9.17) is 70.0 Å². The summed E-state index contributed by atoms with van der Waals surface area (Å²) in [5.74, 6) is -1.01. The van der Waals surface area contributed by atoms with Gasteiger partial charge < -0.3 is 45.5 Å². The van der Waals surface area contributed by atoms with Crippen LogP contribution in [0.5, 0.6) is 23.0 Å². The molecule has 0 spiro atoms. The number of aromatic nitrogens is 2. The average Bonchev–Trinajstić information content (AvgIpc) is 3.91. The predicted molar refractivity (Wildman–Crippen MR) is 299 cm³/mol. The molecule has 0 fully saturated rings. The summed E-state index contributed by atoms with van der Waals surface area (Å²) in [5.41, 5.74) is 7.28. The van der Waals surface area contributed by atoms with E-state index in [0.29, 0.717) is 148 Å². The van der Waals surface area contributed by atoms with Gasteiger partial charge in [0.15, 0.2) is 5.52 Å². The lowest BCUT2D eigenvalue weighted by Crippen LogP contribution is -2.16. The van der Waals surface area contributed by atoms with Gasteiger partial charge in [0.05, 0.1) is 37.0 Å². The van der Waals surface area contributed by atoms with Gasteiger partial charge >= 0.3 is 5.69 Å². The van der Waals surface area contributed by atoms with Crippen LogP contribution in [0.3, 0.4) is 0 Å². The summed E-state index contributed by atoms with van der Waals surface area (Å²) in [6.45, 7) is 7.42. The third-order valence-corrected chi connectivity index (χ3v) is 12.9. The van der Waals surface area contributed by atoms with Crippen LogP contribution in [0.4, 0.5) is 34.1 Å². The number of non-ortho nitro benzene ring substituents is 1. The topological polar surface area (TPSA) is 247 Å². The molecule has 0 saturated heterocycles. The fourth-order valence-corrected chi connectivity index (χ4v) is 9.19. The summed E-state index contributed by atoms with van der Waals surface area (Å²) in [7, 11) is 0. The number of nitro groups is 1. The number of hydrogen-bond acceptors (Lipinski definition) is 14. The highest BCUT2D eigenvalue weighted by Gasteiger charge is 2.26. The highest BCUT2D eigenvalue weighted by atomic mass is 35.5. The van der Waals surface area contributed by atoms with E-state index < -0.39 is 28.6 Å². The van der Waals surface area contributed by atoms with Crippen molar-refractivity contribution in [3.8, 4) is 23.0 Å². The second kappa shape index (κ2) is 27.8. The number of carbonyl (C=O) groups excluding carboxylic acids is 4. The molecule has 1 heterocycles. The van der Waals surface area contributed by atoms with Crippen molar-refractivity contribution in [1.82, 2.24) is 10.3 Å². The number of ether oxygens (including phenoxy) is 4. The SMILES string of the molecule is CCCOc1c2cc(NC(=O)CCl)cc1Cc1cc(NC(=O)CCl)cc(c1OCCC)Cc1cc(NC(=O)CCl)cc(c1OCCCNc1ccc([N+](=O)[O-])c3nonc13)Cc1cc(NC(=O)CCl)cc(c1OCCC)C2. The van der Waals surface area contributed by atoms with Gasteiger partial charge in [-0.25, -0.2) is 4.63 Å². The van der Waals surface area contributed by atoms with E-state index in [2.05, 4.69) is 36.9 Å². The number of hydrogen-bond donors (Lipinski definition) is 5. The maximum Gasteiger partial charge on any atom is 0.300 e. The monoisotopic (exact) mass is 1130 g/mol. The molecule has 0 aliphatic heterocycles. The molecule has 6 aromatic rings. The number of carbonyl (C=O) groups is 4. The van der Waals surface area contributed by atoms with Crippen LogP contribution < -0.4 is 45.5 Å². The Bertz CT molecular complexity index is 3010. The van der Waals surface area contributed by atoms with Crippen molar-refractivity contribution in [3.05, 3.63) is 115 Å². The van der Waals surface area contributed by atoms with Crippen molar-refractivity contribution in [1.29, 1.82) is 0 Å². The molecule has 23 heteroatoms. The summed E-state index contributed by atoms with van der Waals surface area (Å²) in [6, 6.07) is 17.4. The van der Waals surface area contributed by atoms with E-state index in [0.717, 1.165) is 0 Å². The van der Waals surface area contributed by atoms with Crippen LogP contribution >= 0.6 is 46.4 Å². The van der Waals surface area contributed by atoms with E-state index in [9.17, 15) is 29.3 Å². The maximum atomic E-state index is 13.1. The first-order valence-electron chi connectivity index (χ1n) is 25.0. The fraction of sp³-hybridized carbons (Fsp3) is 0.370. The largest absolute Gasteiger partial charge is 0.493 e. The van der Waals surface area contributed by atoms with Gasteiger partial charge in [-0.2, -0.15) is 0 Å². The molecule has 408 valence electrons. The van der Waals surface area contributed by atoms with Crippen molar-refractivity contribution in [2.75, 3.05) is 83.1 Å². The minimum Gasteiger partial charge on any atom is -0.493 e. The van der Waals surface area contributed by atoms with Gasteiger partial charge in [-0.1, -0.05) is 20.8 Å². The summed E-state index contributed by atoms with van der Waals surface area (Å²) in [6.07, 6.45) is 2.95.